The van der Waals surface area contributed by atoms with E-state index in [0.717, 1.165) is 17.3 Å². The molecule has 0 spiro atoms. The number of halogens is 2. The van der Waals surface area contributed by atoms with Gasteiger partial charge in [0, 0.05) is 15.0 Å². The molecule has 2 aromatic carbocycles. The summed E-state index contributed by atoms with van der Waals surface area (Å²) in [5, 5.41) is 3.42. The Hall–Kier alpha value is -0.640. The van der Waals surface area contributed by atoms with Crippen LogP contribution in [0, 0.1) is 0 Å². The molecule has 0 amide bonds. The monoisotopic (exact) mass is 395 g/mol. The van der Waals surface area contributed by atoms with E-state index in [4.69, 9.17) is 0 Å². The van der Waals surface area contributed by atoms with Crippen molar-refractivity contribution in [3.8, 4) is 0 Å². The predicted octanol–water partition coefficient (Wildman–Crippen LogP) is 5.50. The molecule has 0 saturated carbocycles. The number of nitrogens with one attached hydrogen (secondary N) is 1. The summed E-state index contributed by atoms with van der Waals surface area (Å²) in [6.07, 6.45) is 3.43. The van der Waals surface area contributed by atoms with Crippen LogP contribution in [0.15, 0.2) is 57.5 Å². The summed E-state index contributed by atoms with van der Waals surface area (Å²) in [5.74, 6) is 0. The fraction of sp³-hybridized carbons (Fsp3) is 0.294. The zero-order valence-electron chi connectivity index (χ0n) is 11.6. The van der Waals surface area contributed by atoms with Gasteiger partial charge in [-0.05, 0) is 55.6 Å². The van der Waals surface area contributed by atoms with E-state index in [1.54, 1.807) is 0 Å². The average Bonchev–Trinajstić information content (AvgIpc) is 2.48. The molecule has 1 N–H and O–H groups in total. The Labute approximate surface area is 138 Å². The third kappa shape index (κ3) is 4.44. The molecule has 2 aromatic rings. The van der Waals surface area contributed by atoms with Crippen molar-refractivity contribution in [2.24, 2.45) is 0 Å². The van der Waals surface area contributed by atoms with E-state index in [0.29, 0.717) is 6.04 Å². The topological polar surface area (TPSA) is 12.0 Å². The van der Waals surface area contributed by atoms with E-state index in [2.05, 4.69) is 85.7 Å². The van der Waals surface area contributed by atoms with Crippen molar-refractivity contribution in [1.29, 1.82) is 0 Å². The van der Waals surface area contributed by atoms with Crippen molar-refractivity contribution in [3.63, 3.8) is 0 Å². The highest BCUT2D eigenvalue weighted by atomic mass is 79.9. The largest absolute Gasteiger partial charge is 0.313 e. The first-order chi connectivity index (χ1) is 9.70. The summed E-state index contributed by atoms with van der Waals surface area (Å²) in [4.78, 5) is 0. The number of hydrogen-bond donors (Lipinski definition) is 1. The van der Waals surface area contributed by atoms with E-state index in [-0.39, 0.29) is 0 Å². The van der Waals surface area contributed by atoms with E-state index >= 15 is 0 Å². The van der Waals surface area contributed by atoms with Crippen molar-refractivity contribution < 1.29 is 0 Å². The van der Waals surface area contributed by atoms with Crippen LogP contribution in [0.25, 0.3) is 0 Å². The molecule has 20 heavy (non-hydrogen) atoms. The second-order valence-electron chi connectivity index (χ2n) is 4.88. The zero-order valence-corrected chi connectivity index (χ0v) is 14.7. The van der Waals surface area contributed by atoms with Crippen LogP contribution < -0.4 is 5.32 Å². The van der Waals surface area contributed by atoms with Gasteiger partial charge in [0.05, 0.1) is 0 Å². The molecule has 0 aliphatic carbocycles. The maximum Gasteiger partial charge on any atom is 0.0329 e. The highest BCUT2D eigenvalue weighted by Gasteiger charge is 2.12. The molecule has 106 valence electrons. The van der Waals surface area contributed by atoms with Crippen LogP contribution in [-0.2, 0) is 6.42 Å². The lowest BCUT2D eigenvalue weighted by atomic mass is 9.99. The molecule has 0 aromatic heterocycles. The van der Waals surface area contributed by atoms with Gasteiger partial charge in [0.25, 0.3) is 0 Å². The Morgan fingerprint density at radius 1 is 1.05 bits per heavy atom. The first-order valence-electron chi connectivity index (χ1n) is 6.87. The highest BCUT2D eigenvalue weighted by Crippen LogP contribution is 2.29. The fourth-order valence-corrected chi connectivity index (χ4v) is 3.29. The van der Waals surface area contributed by atoms with Gasteiger partial charge >= 0.3 is 0 Å². The van der Waals surface area contributed by atoms with E-state index in [1.807, 2.05) is 7.05 Å². The zero-order chi connectivity index (χ0) is 14.4. The van der Waals surface area contributed by atoms with Crippen molar-refractivity contribution in [2.75, 3.05) is 7.05 Å². The standard InChI is InChI=1S/C17H19Br2N/c1-20-17(15-12-14(18)10-11-16(15)19)9-5-8-13-6-3-2-4-7-13/h2-4,6-7,10-12,17,20H,5,8-9H2,1H3. The van der Waals surface area contributed by atoms with Gasteiger partial charge in [-0.1, -0.05) is 62.2 Å². The minimum absolute atomic E-state index is 0.380. The molecule has 0 radical (unpaired) electrons. The van der Waals surface area contributed by atoms with Crippen LogP contribution in [0.5, 0.6) is 0 Å². The summed E-state index contributed by atoms with van der Waals surface area (Å²) < 4.78 is 2.29. The molecule has 1 atom stereocenters. The normalized spacial score (nSPS) is 12.3. The molecule has 0 aliphatic heterocycles. The quantitative estimate of drug-likeness (QED) is 0.680. The molecule has 1 unspecified atom stereocenters. The molecule has 0 fully saturated rings. The van der Waals surface area contributed by atoms with Crippen molar-refractivity contribution in [1.82, 2.24) is 5.32 Å². The SMILES string of the molecule is CNC(CCCc1ccccc1)c1cc(Br)ccc1Br. The number of rotatable bonds is 6. The van der Waals surface area contributed by atoms with E-state index in [9.17, 15) is 0 Å². The molecule has 1 nitrogen and oxygen atoms in total. The first-order valence-corrected chi connectivity index (χ1v) is 8.45. The molecule has 0 aliphatic rings. The summed E-state index contributed by atoms with van der Waals surface area (Å²) in [5.41, 5.74) is 2.73. The Morgan fingerprint density at radius 3 is 2.50 bits per heavy atom. The van der Waals surface area contributed by atoms with Gasteiger partial charge in [0.1, 0.15) is 0 Å². The lowest BCUT2D eigenvalue weighted by Gasteiger charge is -2.18. The lowest BCUT2D eigenvalue weighted by Crippen LogP contribution is -2.17. The Balaban J connectivity index is 1.97. The first kappa shape index (κ1) is 15.7. The molecular formula is C17H19Br2N. The minimum Gasteiger partial charge on any atom is -0.313 e. The van der Waals surface area contributed by atoms with Crippen LogP contribution >= 0.6 is 31.9 Å². The van der Waals surface area contributed by atoms with Crippen molar-refractivity contribution in [3.05, 3.63) is 68.6 Å². The smallest absolute Gasteiger partial charge is 0.0329 e. The van der Waals surface area contributed by atoms with Crippen molar-refractivity contribution in [2.45, 2.75) is 25.3 Å². The van der Waals surface area contributed by atoms with Crippen LogP contribution in [-0.4, -0.2) is 7.05 Å². The summed E-state index contributed by atoms with van der Waals surface area (Å²) >= 11 is 7.20. The maximum atomic E-state index is 3.65. The fourth-order valence-electron chi connectivity index (χ4n) is 2.39. The van der Waals surface area contributed by atoms with Crippen LogP contribution in [0.1, 0.15) is 30.0 Å². The lowest BCUT2D eigenvalue weighted by molar-refractivity contribution is 0.525. The van der Waals surface area contributed by atoms with E-state index < -0.39 is 0 Å². The van der Waals surface area contributed by atoms with Gasteiger partial charge in [-0.2, -0.15) is 0 Å². The maximum absolute atomic E-state index is 3.65. The Morgan fingerprint density at radius 2 is 1.80 bits per heavy atom. The third-order valence-corrected chi connectivity index (χ3v) is 4.70. The molecule has 0 saturated heterocycles. The second-order valence-corrected chi connectivity index (χ2v) is 6.65. The summed E-state index contributed by atoms with van der Waals surface area (Å²) in [7, 11) is 2.03. The minimum atomic E-state index is 0.380. The number of aryl methyl sites for hydroxylation is 1. The Kier molecular flexibility index (Phi) is 6.27. The van der Waals surface area contributed by atoms with Crippen LogP contribution in [0.3, 0.4) is 0 Å². The van der Waals surface area contributed by atoms with Crippen molar-refractivity contribution >= 4 is 31.9 Å². The van der Waals surface area contributed by atoms with Gasteiger partial charge in [-0.3, -0.25) is 0 Å². The second kappa shape index (κ2) is 7.96. The molecule has 0 bridgehead atoms. The van der Waals surface area contributed by atoms with Gasteiger partial charge in [0.15, 0.2) is 0 Å². The van der Waals surface area contributed by atoms with Gasteiger partial charge < -0.3 is 5.32 Å². The number of hydrogen-bond acceptors (Lipinski definition) is 1. The predicted molar refractivity (Wildman–Crippen MR) is 93.0 cm³/mol. The van der Waals surface area contributed by atoms with Gasteiger partial charge in [-0.15, -0.1) is 0 Å². The average molecular weight is 397 g/mol. The van der Waals surface area contributed by atoms with Gasteiger partial charge in [-0.25, -0.2) is 0 Å². The van der Waals surface area contributed by atoms with Gasteiger partial charge in [0.2, 0.25) is 0 Å². The highest BCUT2D eigenvalue weighted by molar-refractivity contribution is 9.11. The van der Waals surface area contributed by atoms with Crippen LogP contribution in [0.2, 0.25) is 0 Å². The molecule has 0 heterocycles. The third-order valence-electron chi connectivity index (χ3n) is 3.48. The Bertz CT molecular complexity index is 540. The molecular weight excluding hydrogens is 378 g/mol. The summed E-state index contributed by atoms with van der Waals surface area (Å²) in [6, 6.07) is 17.4. The van der Waals surface area contributed by atoms with E-state index in [1.165, 1.54) is 22.0 Å². The summed E-state index contributed by atoms with van der Waals surface area (Å²) in [6.45, 7) is 0. The molecule has 3 heteroatoms. The van der Waals surface area contributed by atoms with Crippen LogP contribution in [0.4, 0.5) is 0 Å². The molecule has 2 rings (SSSR count). The number of benzene rings is 2.